The molecule has 0 unspecified atom stereocenters. The second-order valence-electron chi connectivity index (χ2n) is 4.23. The van der Waals surface area contributed by atoms with Crippen molar-refractivity contribution in [1.82, 2.24) is 0 Å². The molecule has 0 aliphatic rings. The van der Waals surface area contributed by atoms with E-state index in [4.69, 9.17) is 16.4 Å². The molecule has 0 atom stereocenters. The summed E-state index contributed by atoms with van der Waals surface area (Å²) < 4.78 is 14.4. The maximum absolute atomic E-state index is 13.5. The number of carbonyl (C=O) groups excluding carboxylic acids is 1. The van der Waals surface area contributed by atoms with E-state index in [-0.39, 0.29) is 17.3 Å². The molecule has 0 saturated heterocycles. The van der Waals surface area contributed by atoms with E-state index in [0.717, 1.165) is 16.1 Å². The van der Waals surface area contributed by atoms with Gasteiger partial charge in [-0.3, -0.25) is 4.79 Å². The highest BCUT2D eigenvalue weighted by Crippen LogP contribution is 2.18. The maximum Gasteiger partial charge on any atom is 0.265 e. The summed E-state index contributed by atoms with van der Waals surface area (Å²) in [5, 5.41) is 6.29. The Bertz CT molecular complexity index is 692. The van der Waals surface area contributed by atoms with Gasteiger partial charge in [0.05, 0.1) is 11.9 Å². The fourth-order valence-corrected chi connectivity index (χ4v) is 1.94. The number of rotatable bonds is 5. The molecule has 0 fully saturated rings. The first-order valence-electron chi connectivity index (χ1n) is 6.20. The third-order valence-electron chi connectivity index (χ3n) is 2.55. The van der Waals surface area contributed by atoms with Crippen LogP contribution in [0, 0.1) is 5.82 Å². The third kappa shape index (κ3) is 5.13. The van der Waals surface area contributed by atoms with Crippen LogP contribution >= 0.6 is 27.5 Å². The first kappa shape index (κ1) is 16.5. The summed E-state index contributed by atoms with van der Waals surface area (Å²) >= 11 is 8.94. The fraction of sp³-hybridized carbons (Fsp3) is 0.0667. The average molecular weight is 386 g/mol. The molecule has 0 saturated carbocycles. The predicted octanol–water partition coefficient (Wildman–Crippen LogP) is 4.23. The SMILES string of the molecule is O=C(CO/N=C\c1ccc(Br)cc1)Nc1ccc(Cl)cc1F. The van der Waals surface area contributed by atoms with Crippen molar-refractivity contribution in [2.45, 2.75) is 0 Å². The van der Waals surface area contributed by atoms with Crippen LogP contribution in [0.25, 0.3) is 0 Å². The second-order valence-corrected chi connectivity index (χ2v) is 5.58. The van der Waals surface area contributed by atoms with Crippen LogP contribution in [0.5, 0.6) is 0 Å². The minimum absolute atomic E-state index is 0.0369. The summed E-state index contributed by atoms with van der Waals surface area (Å²) in [5.74, 6) is -1.13. The summed E-state index contributed by atoms with van der Waals surface area (Å²) in [7, 11) is 0. The molecule has 0 spiro atoms. The topological polar surface area (TPSA) is 50.7 Å². The van der Waals surface area contributed by atoms with Crippen molar-refractivity contribution in [2.24, 2.45) is 5.16 Å². The highest BCUT2D eigenvalue weighted by molar-refractivity contribution is 9.10. The molecule has 0 aliphatic heterocycles. The van der Waals surface area contributed by atoms with Gasteiger partial charge < -0.3 is 10.2 Å². The Morgan fingerprint density at radius 1 is 1.32 bits per heavy atom. The lowest BCUT2D eigenvalue weighted by Crippen LogP contribution is -2.17. The molecule has 2 rings (SSSR count). The smallest absolute Gasteiger partial charge is 0.265 e. The average Bonchev–Trinajstić information content (AvgIpc) is 2.48. The quantitative estimate of drug-likeness (QED) is 0.618. The molecule has 2 aromatic carbocycles. The number of hydrogen-bond donors (Lipinski definition) is 1. The van der Waals surface area contributed by atoms with Gasteiger partial charge in [0.1, 0.15) is 5.82 Å². The summed E-state index contributed by atoms with van der Waals surface area (Å²) in [4.78, 5) is 16.5. The lowest BCUT2D eigenvalue weighted by molar-refractivity contribution is -0.120. The van der Waals surface area contributed by atoms with Gasteiger partial charge in [0.2, 0.25) is 0 Å². The van der Waals surface area contributed by atoms with Crippen molar-refractivity contribution in [3.8, 4) is 0 Å². The van der Waals surface area contributed by atoms with E-state index in [2.05, 4.69) is 26.4 Å². The summed E-state index contributed by atoms with van der Waals surface area (Å²) in [6.45, 7) is -0.324. The Morgan fingerprint density at radius 3 is 2.73 bits per heavy atom. The number of carbonyl (C=O) groups is 1. The zero-order valence-corrected chi connectivity index (χ0v) is 13.6. The molecule has 0 bridgehead atoms. The van der Waals surface area contributed by atoms with E-state index in [1.54, 1.807) is 0 Å². The minimum Gasteiger partial charge on any atom is -0.386 e. The van der Waals surface area contributed by atoms with E-state index >= 15 is 0 Å². The predicted molar refractivity (Wildman–Crippen MR) is 87.7 cm³/mol. The number of amides is 1. The molecule has 0 aromatic heterocycles. The molecule has 22 heavy (non-hydrogen) atoms. The Hall–Kier alpha value is -1.92. The van der Waals surface area contributed by atoms with Crippen molar-refractivity contribution in [3.63, 3.8) is 0 Å². The van der Waals surface area contributed by atoms with Gasteiger partial charge in [-0.1, -0.05) is 44.8 Å². The first-order chi connectivity index (χ1) is 10.5. The van der Waals surface area contributed by atoms with Crippen molar-refractivity contribution in [1.29, 1.82) is 0 Å². The van der Waals surface area contributed by atoms with E-state index in [9.17, 15) is 9.18 Å². The minimum atomic E-state index is -0.612. The maximum atomic E-state index is 13.5. The molecule has 0 aliphatic carbocycles. The van der Waals surface area contributed by atoms with Gasteiger partial charge in [-0.05, 0) is 35.9 Å². The van der Waals surface area contributed by atoms with Crippen LogP contribution in [0.2, 0.25) is 5.02 Å². The number of nitrogens with one attached hydrogen (secondary N) is 1. The summed E-state index contributed by atoms with van der Waals surface area (Å²) in [6.07, 6.45) is 1.47. The lowest BCUT2D eigenvalue weighted by atomic mass is 10.2. The van der Waals surface area contributed by atoms with Crippen molar-refractivity contribution >= 4 is 45.3 Å². The first-order valence-corrected chi connectivity index (χ1v) is 7.37. The molecule has 114 valence electrons. The molecule has 7 heteroatoms. The number of hydrogen-bond acceptors (Lipinski definition) is 3. The van der Waals surface area contributed by atoms with Crippen LogP contribution in [-0.2, 0) is 9.63 Å². The Balaban J connectivity index is 1.81. The number of anilines is 1. The van der Waals surface area contributed by atoms with Gasteiger partial charge in [-0.2, -0.15) is 0 Å². The monoisotopic (exact) mass is 384 g/mol. The van der Waals surface area contributed by atoms with Gasteiger partial charge in [0.25, 0.3) is 5.91 Å². The van der Waals surface area contributed by atoms with Gasteiger partial charge in [0.15, 0.2) is 6.61 Å². The summed E-state index contributed by atoms with van der Waals surface area (Å²) in [5.41, 5.74) is 0.863. The molecular formula is C15H11BrClFN2O2. The van der Waals surface area contributed by atoms with Crippen LogP contribution in [-0.4, -0.2) is 18.7 Å². The summed E-state index contributed by atoms with van der Waals surface area (Å²) in [6, 6.07) is 11.4. The number of halogens is 3. The van der Waals surface area contributed by atoms with E-state index in [1.807, 2.05) is 24.3 Å². The standard InChI is InChI=1S/C15H11BrClFN2O2/c16-11-3-1-10(2-4-11)8-19-22-9-15(21)20-14-6-5-12(17)7-13(14)18/h1-8H,9H2,(H,20,21)/b19-8-. The van der Waals surface area contributed by atoms with E-state index in [0.29, 0.717) is 0 Å². The van der Waals surface area contributed by atoms with Gasteiger partial charge in [0, 0.05) is 9.50 Å². The molecule has 1 amide bonds. The van der Waals surface area contributed by atoms with Crippen LogP contribution < -0.4 is 5.32 Å². The van der Waals surface area contributed by atoms with Crippen molar-refractivity contribution < 1.29 is 14.0 Å². The fourth-order valence-electron chi connectivity index (χ4n) is 1.52. The van der Waals surface area contributed by atoms with Crippen molar-refractivity contribution in [3.05, 3.63) is 63.3 Å². The second kappa shape index (κ2) is 7.91. The molecular weight excluding hydrogens is 375 g/mol. The Labute approximate surface area is 140 Å². The number of nitrogens with zero attached hydrogens (tertiary/aromatic N) is 1. The zero-order valence-electron chi connectivity index (χ0n) is 11.2. The third-order valence-corrected chi connectivity index (χ3v) is 3.31. The van der Waals surface area contributed by atoms with Crippen LogP contribution in [0.3, 0.4) is 0 Å². The number of benzene rings is 2. The van der Waals surface area contributed by atoms with Gasteiger partial charge in [-0.15, -0.1) is 0 Å². The van der Waals surface area contributed by atoms with E-state index < -0.39 is 11.7 Å². The highest BCUT2D eigenvalue weighted by atomic mass is 79.9. The van der Waals surface area contributed by atoms with Crippen molar-refractivity contribution in [2.75, 3.05) is 11.9 Å². The van der Waals surface area contributed by atoms with Gasteiger partial charge in [-0.25, -0.2) is 4.39 Å². The molecule has 4 nitrogen and oxygen atoms in total. The molecule has 2 aromatic rings. The lowest BCUT2D eigenvalue weighted by Gasteiger charge is -2.05. The molecule has 1 N–H and O–H groups in total. The van der Waals surface area contributed by atoms with Crippen LogP contribution in [0.1, 0.15) is 5.56 Å². The molecule has 0 radical (unpaired) electrons. The number of oxime groups is 1. The normalized spacial score (nSPS) is 10.7. The van der Waals surface area contributed by atoms with E-state index in [1.165, 1.54) is 18.3 Å². The Morgan fingerprint density at radius 2 is 2.05 bits per heavy atom. The zero-order chi connectivity index (χ0) is 15.9. The Kier molecular flexibility index (Phi) is 5.91. The van der Waals surface area contributed by atoms with Crippen LogP contribution in [0.4, 0.5) is 10.1 Å². The highest BCUT2D eigenvalue weighted by Gasteiger charge is 2.07. The van der Waals surface area contributed by atoms with Crippen LogP contribution in [0.15, 0.2) is 52.1 Å². The largest absolute Gasteiger partial charge is 0.386 e. The molecule has 0 heterocycles. The van der Waals surface area contributed by atoms with Gasteiger partial charge >= 0.3 is 0 Å².